The van der Waals surface area contributed by atoms with Crippen molar-refractivity contribution in [1.29, 1.82) is 5.26 Å². The summed E-state index contributed by atoms with van der Waals surface area (Å²) >= 11 is 3.41. The molecule has 0 saturated heterocycles. The summed E-state index contributed by atoms with van der Waals surface area (Å²) in [5, 5.41) is 13.8. The molecule has 0 bridgehead atoms. The second-order valence-electron chi connectivity index (χ2n) is 4.28. The molecule has 1 heterocycles. The molecular weight excluding hydrogens is 314 g/mol. The van der Waals surface area contributed by atoms with Gasteiger partial charge in [-0.05, 0) is 24.3 Å². The second kappa shape index (κ2) is 5.32. The third-order valence-corrected chi connectivity index (χ3v) is 3.49. The van der Waals surface area contributed by atoms with E-state index in [1.807, 2.05) is 54.6 Å². The topological polar surface area (TPSA) is 41.6 Å². The number of aromatic nitrogens is 2. The lowest BCUT2D eigenvalue weighted by Crippen LogP contribution is -1.98. The average Bonchev–Trinajstić information content (AvgIpc) is 2.93. The van der Waals surface area contributed by atoms with E-state index >= 15 is 0 Å². The van der Waals surface area contributed by atoms with Crippen LogP contribution >= 0.6 is 15.9 Å². The smallest absolute Gasteiger partial charge is 0.144 e. The Morgan fingerprint density at radius 1 is 1.00 bits per heavy atom. The van der Waals surface area contributed by atoms with Gasteiger partial charge in [0, 0.05) is 16.1 Å². The Labute approximate surface area is 125 Å². The fourth-order valence-corrected chi connectivity index (χ4v) is 2.25. The van der Waals surface area contributed by atoms with Crippen LogP contribution in [-0.4, -0.2) is 9.78 Å². The average molecular weight is 324 g/mol. The van der Waals surface area contributed by atoms with Crippen LogP contribution in [-0.2, 0) is 0 Å². The molecule has 0 spiro atoms. The van der Waals surface area contributed by atoms with Gasteiger partial charge in [0.1, 0.15) is 11.8 Å². The van der Waals surface area contributed by atoms with E-state index in [1.165, 1.54) is 0 Å². The molecule has 0 amide bonds. The number of nitriles is 1. The zero-order valence-electron chi connectivity index (χ0n) is 10.5. The molecule has 0 fully saturated rings. The molecule has 0 aliphatic rings. The maximum absolute atomic E-state index is 9.27. The lowest BCUT2D eigenvalue weighted by Gasteiger charge is -2.01. The van der Waals surface area contributed by atoms with Gasteiger partial charge in [0.05, 0.1) is 11.4 Å². The van der Waals surface area contributed by atoms with Gasteiger partial charge in [-0.2, -0.15) is 10.4 Å². The Kier molecular flexibility index (Phi) is 3.36. The van der Waals surface area contributed by atoms with Gasteiger partial charge in [-0.15, -0.1) is 0 Å². The van der Waals surface area contributed by atoms with Crippen molar-refractivity contribution in [2.75, 3.05) is 0 Å². The third-order valence-electron chi connectivity index (χ3n) is 2.96. The molecule has 2 aromatic carbocycles. The molecule has 0 unspecified atom stereocenters. The monoisotopic (exact) mass is 323 g/mol. The van der Waals surface area contributed by atoms with Crippen LogP contribution in [0.4, 0.5) is 0 Å². The van der Waals surface area contributed by atoms with E-state index in [1.54, 1.807) is 10.7 Å². The largest absolute Gasteiger partial charge is 0.222 e. The van der Waals surface area contributed by atoms with Gasteiger partial charge in [0.25, 0.3) is 0 Å². The van der Waals surface area contributed by atoms with Crippen molar-refractivity contribution >= 4 is 15.9 Å². The summed E-state index contributed by atoms with van der Waals surface area (Å²) in [6.07, 6.45) is 0. The summed E-state index contributed by atoms with van der Waals surface area (Å²) in [6, 6.07) is 21.5. The lowest BCUT2D eigenvalue weighted by atomic mass is 10.1. The molecule has 0 radical (unpaired) electrons. The van der Waals surface area contributed by atoms with Crippen molar-refractivity contribution < 1.29 is 0 Å². The highest BCUT2D eigenvalue weighted by atomic mass is 79.9. The van der Waals surface area contributed by atoms with Crippen LogP contribution < -0.4 is 0 Å². The maximum Gasteiger partial charge on any atom is 0.144 e. The molecule has 0 atom stereocenters. The summed E-state index contributed by atoms with van der Waals surface area (Å²) in [6.45, 7) is 0. The van der Waals surface area contributed by atoms with E-state index in [0.717, 1.165) is 21.4 Å². The van der Waals surface area contributed by atoms with Gasteiger partial charge in [-0.25, -0.2) is 4.68 Å². The van der Waals surface area contributed by atoms with Crippen molar-refractivity contribution in [2.24, 2.45) is 0 Å². The van der Waals surface area contributed by atoms with Crippen LogP contribution in [0.15, 0.2) is 65.1 Å². The Morgan fingerprint density at radius 2 is 1.70 bits per heavy atom. The highest BCUT2D eigenvalue weighted by Gasteiger charge is 2.10. The first-order chi connectivity index (χ1) is 9.78. The summed E-state index contributed by atoms with van der Waals surface area (Å²) in [4.78, 5) is 0. The molecule has 20 heavy (non-hydrogen) atoms. The maximum atomic E-state index is 9.27. The summed E-state index contributed by atoms with van der Waals surface area (Å²) < 4.78 is 2.68. The van der Waals surface area contributed by atoms with E-state index in [-0.39, 0.29) is 0 Å². The van der Waals surface area contributed by atoms with Gasteiger partial charge >= 0.3 is 0 Å². The molecule has 96 valence electrons. The van der Waals surface area contributed by atoms with E-state index in [4.69, 9.17) is 0 Å². The Balaban J connectivity index is 2.10. The van der Waals surface area contributed by atoms with Crippen molar-refractivity contribution in [3.05, 3.63) is 70.8 Å². The second-order valence-corrected chi connectivity index (χ2v) is 5.20. The first-order valence-electron chi connectivity index (χ1n) is 6.09. The molecular formula is C16H10BrN3. The minimum absolute atomic E-state index is 0.522. The molecule has 3 nitrogen and oxygen atoms in total. The lowest BCUT2D eigenvalue weighted by molar-refractivity contribution is 0.870. The van der Waals surface area contributed by atoms with Gasteiger partial charge in [0.2, 0.25) is 0 Å². The predicted molar refractivity (Wildman–Crippen MR) is 81.4 cm³/mol. The van der Waals surface area contributed by atoms with Crippen LogP contribution in [0, 0.1) is 11.3 Å². The van der Waals surface area contributed by atoms with Crippen LogP contribution in [0.1, 0.15) is 5.69 Å². The van der Waals surface area contributed by atoms with Gasteiger partial charge in [-0.1, -0.05) is 46.3 Å². The van der Waals surface area contributed by atoms with Crippen LogP contribution in [0.5, 0.6) is 0 Å². The first kappa shape index (κ1) is 12.6. The molecule has 0 N–H and O–H groups in total. The zero-order chi connectivity index (χ0) is 13.9. The highest BCUT2D eigenvalue weighted by molar-refractivity contribution is 9.10. The molecule has 0 saturated carbocycles. The van der Waals surface area contributed by atoms with Gasteiger partial charge in [0.15, 0.2) is 0 Å². The van der Waals surface area contributed by atoms with Crippen LogP contribution in [0.2, 0.25) is 0 Å². The van der Waals surface area contributed by atoms with E-state index < -0.39 is 0 Å². The van der Waals surface area contributed by atoms with Crippen molar-refractivity contribution in [3.8, 4) is 23.0 Å². The van der Waals surface area contributed by atoms with E-state index in [0.29, 0.717) is 5.69 Å². The minimum atomic E-state index is 0.522. The van der Waals surface area contributed by atoms with Crippen molar-refractivity contribution in [2.45, 2.75) is 0 Å². The fourth-order valence-electron chi connectivity index (χ4n) is 1.99. The Bertz CT molecular complexity index is 768. The number of nitrogens with zero attached hydrogens (tertiary/aromatic N) is 3. The van der Waals surface area contributed by atoms with Crippen LogP contribution in [0.3, 0.4) is 0 Å². The number of benzene rings is 2. The standard InChI is InChI=1S/C16H10BrN3/c17-13-8-6-12(7-9-13)16-10-15(11-18)20(19-16)14-4-2-1-3-5-14/h1-10H. The molecule has 1 aromatic heterocycles. The summed E-state index contributed by atoms with van der Waals surface area (Å²) in [5.74, 6) is 0. The normalized spacial score (nSPS) is 10.2. The predicted octanol–water partition coefficient (Wildman–Crippen LogP) is 4.17. The number of hydrogen-bond acceptors (Lipinski definition) is 2. The fraction of sp³-hybridized carbons (Fsp3) is 0. The van der Waals surface area contributed by atoms with Crippen molar-refractivity contribution in [1.82, 2.24) is 9.78 Å². The molecule has 0 aliphatic carbocycles. The number of hydrogen-bond donors (Lipinski definition) is 0. The summed E-state index contributed by atoms with van der Waals surface area (Å²) in [7, 11) is 0. The SMILES string of the molecule is N#Cc1cc(-c2ccc(Br)cc2)nn1-c1ccccc1. The number of rotatable bonds is 2. The van der Waals surface area contributed by atoms with E-state index in [2.05, 4.69) is 27.1 Å². The van der Waals surface area contributed by atoms with E-state index in [9.17, 15) is 5.26 Å². The molecule has 3 rings (SSSR count). The van der Waals surface area contributed by atoms with Crippen LogP contribution in [0.25, 0.3) is 16.9 Å². The molecule has 4 heteroatoms. The summed E-state index contributed by atoms with van der Waals surface area (Å²) in [5.41, 5.74) is 3.18. The zero-order valence-corrected chi connectivity index (χ0v) is 12.1. The van der Waals surface area contributed by atoms with Crippen molar-refractivity contribution in [3.63, 3.8) is 0 Å². The Morgan fingerprint density at radius 3 is 2.35 bits per heavy atom. The third kappa shape index (κ3) is 2.36. The molecule has 0 aliphatic heterocycles. The van der Waals surface area contributed by atoms with Gasteiger partial charge in [-0.3, -0.25) is 0 Å². The number of halogens is 1. The number of para-hydroxylation sites is 1. The highest BCUT2D eigenvalue weighted by Crippen LogP contribution is 2.23. The quantitative estimate of drug-likeness (QED) is 0.710. The minimum Gasteiger partial charge on any atom is -0.222 e. The van der Waals surface area contributed by atoms with Gasteiger partial charge < -0.3 is 0 Å². The first-order valence-corrected chi connectivity index (χ1v) is 6.89. The molecule has 3 aromatic rings. The Hall–Kier alpha value is -2.38.